The summed E-state index contributed by atoms with van der Waals surface area (Å²) in [7, 11) is -1.79. The van der Waals surface area contributed by atoms with Gasteiger partial charge in [0.2, 0.25) is 0 Å². The lowest BCUT2D eigenvalue weighted by Gasteiger charge is -2.27. The van der Waals surface area contributed by atoms with Crippen LogP contribution in [-0.4, -0.2) is 58.4 Å². The number of allylic oxidation sites excluding steroid dienone is 1. The summed E-state index contributed by atoms with van der Waals surface area (Å²) in [4.78, 5) is 51.6. The highest BCUT2D eigenvalue weighted by molar-refractivity contribution is 6.83. The van der Waals surface area contributed by atoms with E-state index in [0.29, 0.717) is 0 Å². The zero-order valence-corrected chi connectivity index (χ0v) is 23.7. The molecule has 0 N–H and O–H groups in total. The van der Waals surface area contributed by atoms with Gasteiger partial charge in [0.25, 0.3) is 0 Å². The Bertz CT molecular complexity index is 872. The summed E-state index contributed by atoms with van der Waals surface area (Å²) in [6.07, 6.45) is 0.724. The first-order valence-corrected chi connectivity index (χ1v) is 15.7. The van der Waals surface area contributed by atoms with Crippen molar-refractivity contribution in [2.45, 2.75) is 73.0 Å². The summed E-state index contributed by atoms with van der Waals surface area (Å²) in [5.74, 6) is 5.45. The van der Waals surface area contributed by atoms with Gasteiger partial charge in [-0.3, -0.25) is 19.2 Å². The molecule has 8 nitrogen and oxygen atoms in total. The van der Waals surface area contributed by atoms with E-state index in [2.05, 4.69) is 29.9 Å². The predicted octanol–water partition coefficient (Wildman–Crippen LogP) is 3.84. The van der Waals surface area contributed by atoms with Gasteiger partial charge in [-0.25, -0.2) is 0 Å². The Balaban J connectivity index is 6.45. The molecule has 200 valence electrons. The Morgan fingerprint density at radius 2 is 1.00 bits per heavy atom. The molecule has 9 heteroatoms. The van der Waals surface area contributed by atoms with Crippen molar-refractivity contribution < 1.29 is 38.1 Å². The number of esters is 4. The zero-order valence-electron chi connectivity index (χ0n) is 22.7. The molecule has 0 aromatic heterocycles. The molecule has 0 saturated carbocycles. The molecular weight excluding hydrogens is 480 g/mol. The largest absolute Gasteiger partial charge is 0.465 e. The van der Waals surface area contributed by atoms with Gasteiger partial charge in [0.15, 0.2) is 10.8 Å². The van der Waals surface area contributed by atoms with E-state index in [0.717, 1.165) is 0 Å². The number of carbonyl (C=O) groups is 4. The summed E-state index contributed by atoms with van der Waals surface area (Å²) in [6.45, 7) is 16.5. The van der Waals surface area contributed by atoms with Crippen molar-refractivity contribution in [2.24, 2.45) is 10.8 Å². The molecule has 36 heavy (non-hydrogen) atoms. The van der Waals surface area contributed by atoms with E-state index in [-0.39, 0.29) is 52.1 Å². The van der Waals surface area contributed by atoms with Crippen LogP contribution in [0.4, 0.5) is 0 Å². The SMILES string of the molecule is C=CCC(CC#CCC(CC#C[Si](C)(C)C)(C(=O)OCC)C(=O)OCC)(C(=O)OCC)C(=O)OCC. The second kappa shape index (κ2) is 15.8. The molecule has 0 spiro atoms. The van der Waals surface area contributed by atoms with Gasteiger partial charge in [-0.05, 0) is 34.1 Å². The van der Waals surface area contributed by atoms with Crippen LogP contribution in [0, 0.1) is 34.1 Å². The van der Waals surface area contributed by atoms with Crippen LogP contribution in [-0.2, 0) is 38.1 Å². The average Bonchev–Trinajstić information content (AvgIpc) is 2.79. The van der Waals surface area contributed by atoms with E-state index in [9.17, 15) is 19.2 Å². The molecule has 0 amide bonds. The van der Waals surface area contributed by atoms with Gasteiger partial charge in [-0.1, -0.05) is 25.7 Å². The maximum Gasteiger partial charge on any atom is 0.325 e. The van der Waals surface area contributed by atoms with Crippen molar-refractivity contribution in [2.75, 3.05) is 26.4 Å². The lowest BCUT2D eigenvalue weighted by Crippen LogP contribution is -2.42. The molecule has 0 aliphatic rings. The highest BCUT2D eigenvalue weighted by Gasteiger charge is 2.49. The monoisotopic (exact) mass is 520 g/mol. The molecular formula is C27H40O8Si. The molecule has 0 radical (unpaired) electrons. The number of hydrogen-bond donors (Lipinski definition) is 0. The third-order valence-corrected chi connectivity index (χ3v) is 5.84. The van der Waals surface area contributed by atoms with Crippen LogP contribution >= 0.6 is 0 Å². The maximum atomic E-state index is 13.0. The molecule has 0 unspecified atom stereocenters. The van der Waals surface area contributed by atoms with Gasteiger partial charge in [-0.2, -0.15) is 0 Å². The lowest BCUT2D eigenvalue weighted by atomic mass is 9.79. The molecule has 0 aliphatic carbocycles. The molecule has 0 heterocycles. The Labute approximate surface area is 216 Å². The van der Waals surface area contributed by atoms with E-state index in [1.54, 1.807) is 27.7 Å². The number of rotatable bonds is 13. The van der Waals surface area contributed by atoms with Gasteiger partial charge in [-0.15, -0.1) is 29.9 Å². The fourth-order valence-electron chi connectivity index (χ4n) is 3.11. The van der Waals surface area contributed by atoms with Crippen LogP contribution in [0.5, 0.6) is 0 Å². The molecule has 0 bridgehead atoms. The van der Waals surface area contributed by atoms with E-state index < -0.39 is 42.8 Å². The van der Waals surface area contributed by atoms with Crippen LogP contribution in [0.2, 0.25) is 19.6 Å². The van der Waals surface area contributed by atoms with Crippen molar-refractivity contribution in [1.82, 2.24) is 0 Å². The number of hydrogen-bond acceptors (Lipinski definition) is 8. The van der Waals surface area contributed by atoms with Gasteiger partial charge in [0.1, 0.15) is 8.07 Å². The average molecular weight is 521 g/mol. The fraction of sp³-hybridized carbons (Fsp3) is 0.630. The zero-order chi connectivity index (χ0) is 27.8. The lowest BCUT2D eigenvalue weighted by molar-refractivity contribution is -0.173. The number of ether oxygens (including phenoxy) is 4. The molecule has 0 aliphatic heterocycles. The highest BCUT2D eigenvalue weighted by Crippen LogP contribution is 2.33. The van der Waals surface area contributed by atoms with Crippen LogP contribution in [0.3, 0.4) is 0 Å². The minimum absolute atomic E-state index is 0.0536. The molecule has 0 aromatic carbocycles. The second-order valence-electron chi connectivity index (χ2n) is 8.97. The molecule has 0 atom stereocenters. The first-order chi connectivity index (χ1) is 16.9. The van der Waals surface area contributed by atoms with Gasteiger partial charge >= 0.3 is 23.9 Å². The van der Waals surface area contributed by atoms with Gasteiger partial charge in [0.05, 0.1) is 26.4 Å². The van der Waals surface area contributed by atoms with Crippen molar-refractivity contribution in [3.8, 4) is 23.3 Å². The Morgan fingerprint density at radius 1 is 0.667 bits per heavy atom. The second-order valence-corrected chi connectivity index (χ2v) is 13.7. The van der Waals surface area contributed by atoms with Crippen molar-refractivity contribution in [3.63, 3.8) is 0 Å². The maximum absolute atomic E-state index is 13.0. The van der Waals surface area contributed by atoms with Crippen molar-refractivity contribution >= 4 is 32.0 Å². The molecule has 0 rings (SSSR count). The Hall–Kier alpha value is -3.04. The Kier molecular flexibility index (Phi) is 14.5. The van der Waals surface area contributed by atoms with Crippen molar-refractivity contribution in [3.05, 3.63) is 12.7 Å². The van der Waals surface area contributed by atoms with Crippen LogP contribution in [0.25, 0.3) is 0 Å². The summed E-state index contributed by atoms with van der Waals surface area (Å²) in [5.41, 5.74) is -0.325. The quantitative estimate of drug-likeness (QED) is 0.0901. The molecule has 0 aromatic rings. The topological polar surface area (TPSA) is 105 Å². The van der Waals surface area contributed by atoms with E-state index in [1.165, 1.54) is 6.08 Å². The third kappa shape index (κ3) is 9.54. The minimum Gasteiger partial charge on any atom is -0.465 e. The first kappa shape index (κ1) is 33.0. The van der Waals surface area contributed by atoms with Gasteiger partial charge in [0, 0.05) is 19.3 Å². The van der Waals surface area contributed by atoms with Crippen LogP contribution < -0.4 is 0 Å². The van der Waals surface area contributed by atoms with Crippen molar-refractivity contribution in [1.29, 1.82) is 0 Å². The summed E-state index contributed by atoms with van der Waals surface area (Å²) >= 11 is 0. The third-order valence-electron chi connectivity index (χ3n) is 4.92. The summed E-state index contributed by atoms with van der Waals surface area (Å²) in [5, 5.41) is 0. The summed E-state index contributed by atoms with van der Waals surface area (Å²) in [6, 6.07) is 0. The first-order valence-electron chi connectivity index (χ1n) is 12.2. The Morgan fingerprint density at radius 3 is 1.33 bits per heavy atom. The van der Waals surface area contributed by atoms with Gasteiger partial charge < -0.3 is 18.9 Å². The van der Waals surface area contributed by atoms with E-state index >= 15 is 0 Å². The van der Waals surface area contributed by atoms with Crippen LogP contribution in [0.1, 0.15) is 53.4 Å². The number of carbonyl (C=O) groups excluding carboxylic acids is 4. The van der Waals surface area contributed by atoms with E-state index in [1.807, 2.05) is 19.6 Å². The minimum atomic E-state index is -1.79. The molecule has 0 fully saturated rings. The summed E-state index contributed by atoms with van der Waals surface area (Å²) < 4.78 is 20.7. The molecule has 0 saturated heterocycles. The predicted molar refractivity (Wildman–Crippen MR) is 139 cm³/mol. The smallest absolute Gasteiger partial charge is 0.325 e. The standard InChI is InChI=1S/C27H40O8Si/c1-9-17-26(22(28)32-10-2,23(29)33-11-3)18-14-15-19-27(24(30)34-12-4,25(31)35-13-5)20-16-21-36(6,7)8/h9H,1,10-13,17-20H2,2-8H3. The fourth-order valence-corrected chi connectivity index (χ4v) is 3.73. The van der Waals surface area contributed by atoms with E-state index in [4.69, 9.17) is 18.9 Å². The highest BCUT2D eigenvalue weighted by atomic mass is 28.3. The normalized spacial score (nSPS) is 11.1. The van der Waals surface area contributed by atoms with Crippen LogP contribution in [0.15, 0.2) is 12.7 Å².